The first-order valence-electron chi connectivity index (χ1n) is 7.45. The first-order valence-corrected chi connectivity index (χ1v) is 8.71. The van der Waals surface area contributed by atoms with Crippen molar-refractivity contribution in [1.82, 2.24) is 10.3 Å². The molecule has 1 N–H and O–H groups in total. The van der Waals surface area contributed by atoms with Crippen LogP contribution in [0, 0.1) is 5.82 Å². The first kappa shape index (κ1) is 17.4. The zero-order valence-corrected chi connectivity index (χ0v) is 14.6. The molecule has 2 aromatic carbocycles. The minimum Gasteiger partial charge on any atom is -0.486 e. The normalized spacial score (nSPS) is 10.5. The van der Waals surface area contributed by atoms with E-state index in [0.29, 0.717) is 27.0 Å². The summed E-state index contributed by atoms with van der Waals surface area (Å²) in [6.07, 6.45) is 0. The molecule has 0 spiro atoms. The molecule has 0 bridgehead atoms. The lowest BCUT2D eigenvalue weighted by atomic mass is 10.2. The van der Waals surface area contributed by atoms with Crippen LogP contribution in [0.4, 0.5) is 4.39 Å². The van der Waals surface area contributed by atoms with Crippen molar-refractivity contribution in [3.05, 3.63) is 81.0 Å². The van der Waals surface area contributed by atoms with Crippen molar-refractivity contribution in [3.63, 3.8) is 0 Å². The van der Waals surface area contributed by atoms with E-state index in [1.54, 1.807) is 41.8 Å². The van der Waals surface area contributed by atoms with E-state index in [4.69, 9.17) is 16.3 Å². The fourth-order valence-corrected chi connectivity index (χ4v) is 2.97. The SMILES string of the molecule is O=C(NCc1cccc(F)c1)c1csc(COc2cccc(Cl)c2)n1. The Hall–Kier alpha value is -2.44. The summed E-state index contributed by atoms with van der Waals surface area (Å²) in [5, 5.41) is 5.65. The maximum Gasteiger partial charge on any atom is 0.271 e. The maximum atomic E-state index is 13.1. The zero-order chi connectivity index (χ0) is 17.6. The molecular formula is C18H14ClFN2O2S. The highest BCUT2D eigenvalue weighted by Gasteiger charge is 2.11. The Bertz CT molecular complexity index is 885. The Morgan fingerprint density at radius 2 is 2.08 bits per heavy atom. The molecule has 0 saturated heterocycles. The molecule has 3 aromatic rings. The predicted octanol–water partition coefficient (Wildman–Crippen LogP) is 4.44. The molecule has 1 aromatic heterocycles. The van der Waals surface area contributed by atoms with Gasteiger partial charge in [-0.25, -0.2) is 9.37 Å². The number of nitrogens with zero attached hydrogens (tertiary/aromatic N) is 1. The summed E-state index contributed by atoms with van der Waals surface area (Å²) >= 11 is 7.23. The lowest BCUT2D eigenvalue weighted by Gasteiger charge is -2.04. The molecular weight excluding hydrogens is 363 g/mol. The van der Waals surface area contributed by atoms with Gasteiger partial charge in [0.05, 0.1) is 0 Å². The van der Waals surface area contributed by atoms with E-state index in [2.05, 4.69) is 10.3 Å². The number of ether oxygens (including phenoxy) is 1. The number of benzene rings is 2. The first-order chi connectivity index (χ1) is 12.1. The van der Waals surface area contributed by atoms with Gasteiger partial charge in [-0.3, -0.25) is 4.79 Å². The fraction of sp³-hybridized carbons (Fsp3) is 0.111. The molecule has 1 heterocycles. The van der Waals surface area contributed by atoms with Gasteiger partial charge in [0.15, 0.2) is 0 Å². The maximum absolute atomic E-state index is 13.1. The number of nitrogens with one attached hydrogen (secondary N) is 1. The second-order valence-corrected chi connectivity index (χ2v) is 6.56. The van der Waals surface area contributed by atoms with Crippen LogP contribution >= 0.6 is 22.9 Å². The van der Waals surface area contributed by atoms with Gasteiger partial charge < -0.3 is 10.1 Å². The molecule has 0 saturated carbocycles. The quantitative estimate of drug-likeness (QED) is 0.691. The van der Waals surface area contributed by atoms with Gasteiger partial charge in [0.25, 0.3) is 5.91 Å². The molecule has 0 unspecified atom stereocenters. The Kier molecular flexibility index (Phi) is 5.63. The number of amides is 1. The Morgan fingerprint density at radius 1 is 1.24 bits per heavy atom. The molecule has 0 fully saturated rings. The van der Waals surface area contributed by atoms with Crippen molar-refractivity contribution >= 4 is 28.8 Å². The van der Waals surface area contributed by atoms with Crippen LogP contribution in [0.2, 0.25) is 5.02 Å². The number of carbonyl (C=O) groups excluding carboxylic acids is 1. The van der Waals surface area contributed by atoms with Crippen LogP contribution in [-0.4, -0.2) is 10.9 Å². The van der Waals surface area contributed by atoms with Gasteiger partial charge in [0, 0.05) is 16.9 Å². The monoisotopic (exact) mass is 376 g/mol. The topological polar surface area (TPSA) is 51.2 Å². The van der Waals surface area contributed by atoms with E-state index in [9.17, 15) is 9.18 Å². The lowest BCUT2D eigenvalue weighted by Crippen LogP contribution is -2.23. The molecule has 0 radical (unpaired) electrons. The highest BCUT2D eigenvalue weighted by atomic mass is 35.5. The highest BCUT2D eigenvalue weighted by molar-refractivity contribution is 7.09. The molecule has 25 heavy (non-hydrogen) atoms. The molecule has 0 aliphatic carbocycles. The summed E-state index contributed by atoms with van der Waals surface area (Å²) in [4.78, 5) is 16.4. The number of carbonyl (C=O) groups is 1. The molecule has 1 amide bonds. The van der Waals surface area contributed by atoms with Gasteiger partial charge >= 0.3 is 0 Å². The van der Waals surface area contributed by atoms with Gasteiger partial charge in [0.1, 0.15) is 28.9 Å². The Labute approximate surface area is 153 Å². The lowest BCUT2D eigenvalue weighted by molar-refractivity contribution is 0.0946. The summed E-state index contributed by atoms with van der Waals surface area (Å²) < 4.78 is 18.7. The summed E-state index contributed by atoms with van der Waals surface area (Å²) in [5.41, 5.74) is 0.999. The zero-order valence-electron chi connectivity index (χ0n) is 13.0. The molecule has 3 rings (SSSR count). The smallest absolute Gasteiger partial charge is 0.271 e. The number of thiazole rings is 1. The van der Waals surface area contributed by atoms with Gasteiger partial charge in [-0.1, -0.05) is 29.8 Å². The van der Waals surface area contributed by atoms with E-state index >= 15 is 0 Å². The Balaban J connectivity index is 1.54. The van der Waals surface area contributed by atoms with Gasteiger partial charge in [0.2, 0.25) is 0 Å². The molecule has 0 aliphatic heterocycles. The molecule has 0 atom stereocenters. The van der Waals surface area contributed by atoms with Crippen molar-refractivity contribution in [2.24, 2.45) is 0 Å². The summed E-state index contributed by atoms with van der Waals surface area (Å²) in [6, 6.07) is 13.2. The number of aromatic nitrogens is 1. The van der Waals surface area contributed by atoms with Crippen LogP contribution < -0.4 is 10.1 Å². The van der Waals surface area contributed by atoms with E-state index in [1.165, 1.54) is 23.5 Å². The van der Waals surface area contributed by atoms with Gasteiger partial charge in [-0.2, -0.15) is 0 Å². The third-order valence-electron chi connectivity index (χ3n) is 3.28. The van der Waals surface area contributed by atoms with E-state index < -0.39 is 0 Å². The molecule has 7 heteroatoms. The number of rotatable bonds is 6. The molecule has 4 nitrogen and oxygen atoms in total. The van der Waals surface area contributed by atoms with Crippen LogP contribution in [0.25, 0.3) is 0 Å². The second kappa shape index (κ2) is 8.09. The van der Waals surface area contributed by atoms with Crippen LogP contribution in [-0.2, 0) is 13.2 Å². The van der Waals surface area contributed by atoms with Crippen LogP contribution in [0.5, 0.6) is 5.75 Å². The average molecular weight is 377 g/mol. The summed E-state index contributed by atoms with van der Waals surface area (Å²) in [7, 11) is 0. The van der Waals surface area contributed by atoms with Crippen molar-refractivity contribution < 1.29 is 13.9 Å². The van der Waals surface area contributed by atoms with E-state index in [-0.39, 0.29) is 24.9 Å². The van der Waals surface area contributed by atoms with Crippen LogP contribution in [0.1, 0.15) is 21.1 Å². The number of hydrogen-bond donors (Lipinski definition) is 1. The van der Waals surface area contributed by atoms with Crippen molar-refractivity contribution in [2.45, 2.75) is 13.2 Å². The van der Waals surface area contributed by atoms with Crippen LogP contribution in [0.3, 0.4) is 0 Å². The minimum atomic E-state index is -0.333. The number of halogens is 2. The predicted molar refractivity (Wildman–Crippen MR) is 95.5 cm³/mol. The van der Waals surface area contributed by atoms with Gasteiger partial charge in [-0.15, -0.1) is 11.3 Å². The summed E-state index contributed by atoms with van der Waals surface area (Å²) in [5.74, 6) is -0.00446. The van der Waals surface area contributed by atoms with E-state index in [1.807, 2.05) is 0 Å². The van der Waals surface area contributed by atoms with E-state index in [0.717, 1.165) is 0 Å². The Morgan fingerprint density at radius 3 is 2.88 bits per heavy atom. The van der Waals surface area contributed by atoms with Crippen molar-refractivity contribution in [1.29, 1.82) is 0 Å². The highest BCUT2D eigenvalue weighted by Crippen LogP contribution is 2.19. The second-order valence-electron chi connectivity index (χ2n) is 5.19. The van der Waals surface area contributed by atoms with Gasteiger partial charge in [-0.05, 0) is 35.9 Å². The van der Waals surface area contributed by atoms with Crippen molar-refractivity contribution in [3.8, 4) is 5.75 Å². The minimum absolute atomic E-state index is 0.239. The largest absolute Gasteiger partial charge is 0.486 e. The van der Waals surface area contributed by atoms with Crippen molar-refractivity contribution in [2.75, 3.05) is 0 Å². The molecule has 0 aliphatic rings. The average Bonchev–Trinajstić information content (AvgIpc) is 3.07. The number of hydrogen-bond acceptors (Lipinski definition) is 4. The van der Waals surface area contributed by atoms with Crippen LogP contribution in [0.15, 0.2) is 53.9 Å². The third kappa shape index (κ3) is 5.01. The fourth-order valence-electron chi connectivity index (χ4n) is 2.10. The standard InChI is InChI=1S/C18H14ClFN2O2S/c19-13-4-2-6-15(8-13)24-10-17-22-16(11-25-17)18(23)21-9-12-3-1-5-14(20)7-12/h1-8,11H,9-10H2,(H,21,23). The summed E-state index contributed by atoms with van der Waals surface area (Å²) in [6.45, 7) is 0.491. The third-order valence-corrected chi connectivity index (χ3v) is 4.34. The molecule has 128 valence electrons.